The Kier molecular flexibility index (Phi) is 4.07. The van der Waals surface area contributed by atoms with Gasteiger partial charge in [0.05, 0.1) is 0 Å². The van der Waals surface area contributed by atoms with Crippen LogP contribution in [0.2, 0.25) is 0 Å². The first-order valence-corrected chi connectivity index (χ1v) is 5.46. The van der Waals surface area contributed by atoms with Crippen LogP contribution in [0.25, 0.3) is 0 Å². The lowest BCUT2D eigenvalue weighted by Crippen LogP contribution is -2.37. The summed E-state index contributed by atoms with van der Waals surface area (Å²) < 4.78 is 49.0. The summed E-state index contributed by atoms with van der Waals surface area (Å²) >= 11 is 1.19. The first kappa shape index (κ1) is 13.2. The second-order valence-corrected chi connectivity index (χ2v) is 4.50. The van der Waals surface area contributed by atoms with Crippen LogP contribution in [-0.2, 0) is 17.6 Å². The van der Waals surface area contributed by atoms with Gasteiger partial charge in [-0.15, -0.1) is 11.3 Å². The predicted molar refractivity (Wildman–Crippen MR) is 53.4 cm³/mol. The molecule has 90 valence electrons. The summed E-state index contributed by atoms with van der Waals surface area (Å²) in [6.07, 6.45) is -3.85. The number of carbonyl (C=O) groups is 1. The zero-order valence-corrected chi connectivity index (χ0v) is 9.29. The molecule has 0 aliphatic heterocycles. The highest BCUT2D eigenvalue weighted by atomic mass is 32.1. The van der Waals surface area contributed by atoms with Gasteiger partial charge in [-0.25, -0.2) is 8.78 Å². The minimum Gasteiger partial charge on any atom is -0.292 e. The summed E-state index contributed by atoms with van der Waals surface area (Å²) in [6, 6.07) is 3.22. The zero-order chi connectivity index (χ0) is 12.3. The quantitative estimate of drug-likeness (QED) is 0.737. The van der Waals surface area contributed by atoms with Crippen molar-refractivity contribution < 1.29 is 22.4 Å². The number of ketones is 1. The molecule has 0 aliphatic rings. The van der Waals surface area contributed by atoms with Crippen molar-refractivity contribution >= 4 is 17.1 Å². The van der Waals surface area contributed by atoms with Crippen molar-refractivity contribution in [3.63, 3.8) is 0 Å². The number of hydrogen-bond acceptors (Lipinski definition) is 2. The number of thiophene rings is 1. The molecule has 1 aromatic heterocycles. The van der Waals surface area contributed by atoms with Gasteiger partial charge in [0.2, 0.25) is 5.78 Å². The van der Waals surface area contributed by atoms with Crippen molar-refractivity contribution in [2.75, 3.05) is 0 Å². The smallest absolute Gasteiger partial charge is 0.292 e. The second kappa shape index (κ2) is 4.95. The van der Waals surface area contributed by atoms with E-state index in [0.29, 0.717) is 4.88 Å². The lowest BCUT2D eigenvalue weighted by Gasteiger charge is -2.12. The lowest BCUT2D eigenvalue weighted by molar-refractivity contribution is -0.166. The molecule has 0 N–H and O–H groups in total. The molecular formula is C10H10F4OS. The standard InChI is InChI=1S/C10H10F4OS/c1-2-6-3-4-7(16-6)5-8(15)10(13,14)9(11)12/h3-4,9H,2,5H2,1H3. The van der Waals surface area contributed by atoms with Gasteiger partial charge < -0.3 is 0 Å². The van der Waals surface area contributed by atoms with E-state index in [4.69, 9.17) is 0 Å². The predicted octanol–water partition coefficient (Wildman–Crippen LogP) is 3.32. The molecule has 0 fully saturated rings. The molecular weight excluding hydrogens is 244 g/mol. The van der Waals surface area contributed by atoms with Crippen LogP contribution in [0.3, 0.4) is 0 Å². The summed E-state index contributed by atoms with van der Waals surface area (Å²) in [6.45, 7) is 1.88. The maximum atomic E-state index is 12.6. The number of rotatable bonds is 5. The Hall–Kier alpha value is -0.910. The van der Waals surface area contributed by atoms with Crippen molar-refractivity contribution in [1.29, 1.82) is 0 Å². The molecule has 1 heterocycles. The molecule has 0 aromatic carbocycles. The number of halogens is 4. The third-order valence-corrected chi connectivity index (χ3v) is 3.28. The molecule has 16 heavy (non-hydrogen) atoms. The second-order valence-electron chi connectivity index (χ2n) is 3.25. The van der Waals surface area contributed by atoms with Crippen molar-refractivity contribution in [2.24, 2.45) is 0 Å². The third-order valence-electron chi connectivity index (χ3n) is 2.05. The molecule has 0 amide bonds. The van der Waals surface area contributed by atoms with E-state index in [9.17, 15) is 22.4 Å². The molecule has 0 bridgehead atoms. The van der Waals surface area contributed by atoms with Crippen LogP contribution < -0.4 is 0 Å². The number of hydrogen-bond donors (Lipinski definition) is 0. The van der Waals surface area contributed by atoms with Gasteiger partial charge in [0, 0.05) is 16.2 Å². The van der Waals surface area contributed by atoms with Gasteiger partial charge in [0.15, 0.2) is 0 Å². The highest BCUT2D eigenvalue weighted by molar-refractivity contribution is 7.12. The zero-order valence-electron chi connectivity index (χ0n) is 8.47. The van der Waals surface area contributed by atoms with Crippen LogP contribution in [0.5, 0.6) is 0 Å². The van der Waals surface area contributed by atoms with Crippen LogP contribution in [0.1, 0.15) is 16.7 Å². The summed E-state index contributed by atoms with van der Waals surface area (Å²) in [7, 11) is 0. The molecule has 0 radical (unpaired) electrons. The van der Waals surface area contributed by atoms with Crippen LogP contribution in [0.15, 0.2) is 12.1 Å². The topological polar surface area (TPSA) is 17.1 Å². The molecule has 1 nitrogen and oxygen atoms in total. The highest BCUT2D eigenvalue weighted by Gasteiger charge is 2.48. The summed E-state index contributed by atoms with van der Waals surface area (Å²) in [5.74, 6) is -6.27. The average Bonchev–Trinajstić information content (AvgIpc) is 2.65. The minimum absolute atomic E-state index is 0.391. The fraction of sp³-hybridized carbons (Fsp3) is 0.500. The number of carbonyl (C=O) groups excluding carboxylic acids is 1. The van der Waals surface area contributed by atoms with Gasteiger partial charge in [-0.1, -0.05) is 6.92 Å². The van der Waals surface area contributed by atoms with E-state index in [1.54, 1.807) is 6.07 Å². The van der Waals surface area contributed by atoms with Crippen molar-refractivity contribution in [1.82, 2.24) is 0 Å². The fourth-order valence-electron chi connectivity index (χ4n) is 1.11. The van der Waals surface area contributed by atoms with E-state index in [-0.39, 0.29) is 0 Å². The Labute approximate surface area is 94.1 Å². The van der Waals surface area contributed by atoms with Gasteiger partial charge in [-0.3, -0.25) is 4.79 Å². The van der Waals surface area contributed by atoms with Gasteiger partial charge >= 0.3 is 12.3 Å². The maximum Gasteiger partial charge on any atom is 0.364 e. The average molecular weight is 254 g/mol. The molecule has 0 unspecified atom stereocenters. The molecule has 0 atom stereocenters. The monoisotopic (exact) mass is 254 g/mol. The van der Waals surface area contributed by atoms with Crippen molar-refractivity contribution in [3.05, 3.63) is 21.9 Å². The molecule has 6 heteroatoms. The van der Waals surface area contributed by atoms with E-state index >= 15 is 0 Å². The minimum atomic E-state index is -4.55. The number of Topliss-reactive ketones (excluding diaryl/α,β-unsaturated/α-hetero) is 1. The van der Waals surface area contributed by atoms with Crippen LogP contribution in [0.4, 0.5) is 17.6 Å². The molecule has 0 saturated carbocycles. The summed E-state index contributed by atoms with van der Waals surface area (Å²) in [4.78, 5) is 12.3. The van der Waals surface area contributed by atoms with Gasteiger partial charge in [0.1, 0.15) is 0 Å². The summed E-state index contributed by atoms with van der Waals surface area (Å²) in [5.41, 5.74) is 0. The Morgan fingerprint density at radius 3 is 2.38 bits per heavy atom. The molecule has 0 spiro atoms. The van der Waals surface area contributed by atoms with Crippen LogP contribution in [0, 0.1) is 0 Å². The first-order valence-electron chi connectivity index (χ1n) is 4.64. The van der Waals surface area contributed by atoms with E-state index in [1.165, 1.54) is 17.4 Å². The van der Waals surface area contributed by atoms with Crippen LogP contribution >= 0.6 is 11.3 Å². The fourth-order valence-corrected chi connectivity index (χ4v) is 2.06. The van der Waals surface area contributed by atoms with E-state index < -0.39 is 24.6 Å². The molecule has 0 aliphatic carbocycles. The van der Waals surface area contributed by atoms with Crippen molar-refractivity contribution in [3.8, 4) is 0 Å². The first-order chi connectivity index (χ1) is 7.37. The highest BCUT2D eigenvalue weighted by Crippen LogP contribution is 2.27. The van der Waals surface area contributed by atoms with Crippen LogP contribution in [-0.4, -0.2) is 18.1 Å². The number of aryl methyl sites for hydroxylation is 1. The normalized spacial score (nSPS) is 12.1. The Balaban J connectivity index is 2.71. The third kappa shape index (κ3) is 2.81. The largest absolute Gasteiger partial charge is 0.364 e. The Bertz CT molecular complexity index is 373. The van der Waals surface area contributed by atoms with E-state index in [0.717, 1.165) is 11.3 Å². The number of alkyl halides is 4. The molecule has 1 aromatic rings. The van der Waals surface area contributed by atoms with E-state index in [2.05, 4.69) is 0 Å². The summed E-state index contributed by atoms with van der Waals surface area (Å²) in [5, 5.41) is 0. The Morgan fingerprint density at radius 2 is 1.94 bits per heavy atom. The van der Waals surface area contributed by atoms with Gasteiger partial charge in [0.25, 0.3) is 0 Å². The van der Waals surface area contributed by atoms with E-state index in [1.807, 2.05) is 6.92 Å². The Morgan fingerprint density at radius 1 is 1.38 bits per heavy atom. The molecule has 0 saturated heterocycles. The van der Waals surface area contributed by atoms with Gasteiger partial charge in [-0.2, -0.15) is 8.78 Å². The SMILES string of the molecule is CCc1ccc(CC(=O)C(F)(F)C(F)F)s1. The lowest BCUT2D eigenvalue weighted by atomic mass is 10.1. The van der Waals surface area contributed by atoms with Gasteiger partial charge in [-0.05, 0) is 18.6 Å². The van der Waals surface area contributed by atoms with Crippen molar-refractivity contribution in [2.45, 2.75) is 32.1 Å². The maximum absolute atomic E-state index is 12.6. The molecule has 1 rings (SSSR count).